The maximum absolute atomic E-state index is 10.2. The molecule has 0 heterocycles. The van der Waals surface area contributed by atoms with E-state index >= 15 is 0 Å². The highest BCUT2D eigenvalue weighted by molar-refractivity contribution is 5.72. The second kappa shape index (κ2) is 6.22. The molecule has 1 amide bonds. The van der Waals surface area contributed by atoms with Crippen molar-refractivity contribution in [1.29, 1.82) is 0 Å². The molecule has 0 radical (unpaired) electrons. The van der Waals surface area contributed by atoms with Gasteiger partial charge in [0, 0.05) is 13.5 Å². The van der Waals surface area contributed by atoms with Crippen LogP contribution in [0.1, 0.15) is 6.92 Å². The molecule has 1 N–H and O–H groups in total. The average molecular weight is 145 g/mol. The zero-order valence-corrected chi connectivity index (χ0v) is 5.92. The fourth-order valence-electron chi connectivity index (χ4n) is 0.431. The van der Waals surface area contributed by atoms with E-state index in [1.807, 2.05) is 0 Å². The van der Waals surface area contributed by atoms with Crippen LogP contribution in [0.3, 0.4) is 0 Å². The number of nitrogens with one attached hydrogen (secondary N) is 1. The van der Waals surface area contributed by atoms with Gasteiger partial charge >= 0.3 is 0 Å². The minimum atomic E-state index is -0.0882. The monoisotopic (exact) mass is 145 g/mol. The van der Waals surface area contributed by atoms with Gasteiger partial charge in [0.25, 0.3) is 0 Å². The highest BCUT2D eigenvalue weighted by atomic mass is 16.5. The summed E-state index contributed by atoms with van der Waals surface area (Å²) in [6.07, 6.45) is 0.674. The molecule has 58 valence electrons. The van der Waals surface area contributed by atoms with Gasteiger partial charge in [0.15, 0.2) is 0 Å². The molecule has 0 spiro atoms. The van der Waals surface area contributed by atoms with E-state index in [2.05, 4.69) is 5.32 Å². The Morgan fingerprint density at radius 3 is 2.90 bits per heavy atom. The van der Waals surface area contributed by atoms with Crippen LogP contribution >= 0.6 is 0 Å². The second-order valence-electron chi connectivity index (χ2n) is 1.72. The molecule has 0 fully saturated rings. The number of aldehydes is 1. The zero-order chi connectivity index (χ0) is 7.82. The maximum atomic E-state index is 10.2. The van der Waals surface area contributed by atoms with Gasteiger partial charge in [-0.25, -0.2) is 0 Å². The molecule has 4 nitrogen and oxygen atoms in total. The maximum Gasteiger partial charge on any atom is 0.216 e. The summed E-state index contributed by atoms with van der Waals surface area (Å²) in [4.78, 5) is 19.9. The molecular weight excluding hydrogens is 134 g/mol. The topological polar surface area (TPSA) is 55.4 Å². The van der Waals surface area contributed by atoms with Crippen molar-refractivity contribution in [3.8, 4) is 0 Å². The lowest BCUT2D eigenvalue weighted by atomic mass is 10.6. The molecular formula is C6H11NO3. The lowest BCUT2D eigenvalue weighted by Gasteiger charge is -1.99. The lowest BCUT2D eigenvalue weighted by Crippen LogP contribution is -2.24. The van der Waals surface area contributed by atoms with Crippen LogP contribution in [0.25, 0.3) is 0 Å². The highest BCUT2D eigenvalue weighted by Crippen LogP contribution is 1.68. The van der Waals surface area contributed by atoms with Crippen LogP contribution < -0.4 is 5.32 Å². The average Bonchev–Trinajstić information content (AvgIpc) is 1.87. The van der Waals surface area contributed by atoms with E-state index in [1.54, 1.807) is 0 Å². The SMILES string of the molecule is CC(=O)NCCOCC=O. The summed E-state index contributed by atoms with van der Waals surface area (Å²) in [6.45, 7) is 2.38. The first-order valence-electron chi connectivity index (χ1n) is 3.03. The minimum absolute atomic E-state index is 0.0882. The van der Waals surface area contributed by atoms with Crippen molar-refractivity contribution in [1.82, 2.24) is 5.32 Å². The van der Waals surface area contributed by atoms with Crippen molar-refractivity contribution in [3.63, 3.8) is 0 Å². The zero-order valence-electron chi connectivity index (χ0n) is 5.92. The summed E-state index contributed by atoms with van der Waals surface area (Å²) in [5.41, 5.74) is 0. The fraction of sp³-hybridized carbons (Fsp3) is 0.667. The largest absolute Gasteiger partial charge is 0.372 e. The number of carbonyl (C=O) groups excluding carboxylic acids is 2. The number of ether oxygens (including phenoxy) is 1. The molecule has 0 aliphatic heterocycles. The van der Waals surface area contributed by atoms with E-state index in [0.29, 0.717) is 19.4 Å². The van der Waals surface area contributed by atoms with Gasteiger partial charge in [0.05, 0.1) is 6.61 Å². The first-order chi connectivity index (χ1) is 4.77. The summed E-state index contributed by atoms with van der Waals surface area (Å²) in [6, 6.07) is 0. The Balaban J connectivity index is 2.90. The Labute approximate surface area is 59.6 Å². The van der Waals surface area contributed by atoms with Crippen molar-refractivity contribution in [2.24, 2.45) is 0 Å². The lowest BCUT2D eigenvalue weighted by molar-refractivity contribution is -0.119. The van der Waals surface area contributed by atoms with Gasteiger partial charge in [-0.15, -0.1) is 0 Å². The van der Waals surface area contributed by atoms with Gasteiger partial charge in [-0.05, 0) is 0 Å². The van der Waals surface area contributed by atoms with Crippen LogP contribution in [0, 0.1) is 0 Å². The van der Waals surface area contributed by atoms with E-state index in [0.717, 1.165) is 0 Å². The Bertz CT molecular complexity index is 114. The van der Waals surface area contributed by atoms with Gasteiger partial charge in [0.1, 0.15) is 12.9 Å². The number of rotatable bonds is 5. The van der Waals surface area contributed by atoms with Gasteiger partial charge in [0.2, 0.25) is 5.91 Å². The summed E-state index contributed by atoms with van der Waals surface area (Å²) in [5, 5.41) is 2.52. The van der Waals surface area contributed by atoms with Crippen LogP contribution in [0.15, 0.2) is 0 Å². The molecule has 0 aromatic heterocycles. The number of carbonyl (C=O) groups is 2. The smallest absolute Gasteiger partial charge is 0.216 e. The fourth-order valence-corrected chi connectivity index (χ4v) is 0.431. The molecule has 0 saturated carbocycles. The molecule has 0 aliphatic carbocycles. The van der Waals surface area contributed by atoms with Gasteiger partial charge in [-0.1, -0.05) is 0 Å². The normalized spacial score (nSPS) is 8.90. The molecule has 0 aromatic carbocycles. The van der Waals surface area contributed by atoms with E-state index in [4.69, 9.17) is 4.74 Å². The molecule has 0 saturated heterocycles. The summed E-state index contributed by atoms with van der Waals surface area (Å²) >= 11 is 0. The molecule has 0 aromatic rings. The van der Waals surface area contributed by atoms with Crippen molar-refractivity contribution < 1.29 is 14.3 Å². The predicted octanol–water partition coefficient (Wildman–Crippen LogP) is -0.662. The summed E-state index contributed by atoms with van der Waals surface area (Å²) in [7, 11) is 0. The van der Waals surface area contributed by atoms with Gasteiger partial charge in [-0.2, -0.15) is 0 Å². The van der Waals surface area contributed by atoms with E-state index < -0.39 is 0 Å². The quantitative estimate of drug-likeness (QED) is 0.412. The van der Waals surface area contributed by atoms with Gasteiger partial charge in [-0.3, -0.25) is 4.79 Å². The van der Waals surface area contributed by atoms with Crippen LogP contribution in [-0.2, 0) is 14.3 Å². The standard InChI is InChI=1S/C6H11NO3/c1-6(9)7-2-4-10-5-3-8/h3H,2,4-5H2,1H3,(H,7,9). The Morgan fingerprint density at radius 2 is 2.40 bits per heavy atom. The summed E-state index contributed by atoms with van der Waals surface area (Å²) in [5.74, 6) is -0.0882. The predicted molar refractivity (Wildman–Crippen MR) is 35.6 cm³/mol. The molecule has 10 heavy (non-hydrogen) atoms. The Morgan fingerprint density at radius 1 is 1.70 bits per heavy atom. The Kier molecular flexibility index (Phi) is 5.66. The second-order valence-corrected chi connectivity index (χ2v) is 1.72. The third-order valence-corrected chi connectivity index (χ3v) is 0.806. The first-order valence-corrected chi connectivity index (χ1v) is 3.03. The van der Waals surface area contributed by atoms with Crippen molar-refractivity contribution in [3.05, 3.63) is 0 Å². The Hall–Kier alpha value is -0.900. The molecule has 0 unspecified atom stereocenters. The molecule has 0 atom stereocenters. The number of hydrogen-bond donors (Lipinski definition) is 1. The number of hydrogen-bond acceptors (Lipinski definition) is 3. The van der Waals surface area contributed by atoms with Crippen LogP contribution in [0.5, 0.6) is 0 Å². The minimum Gasteiger partial charge on any atom is -0.372 e. The van der Waals surface area contributed by atoms with Crippen molar-refractivity contribution in [2.45, 2.75) is 6.92 Å². The van der Waals surface area contributed by atoms with Crippen LogP contribution in [0.4, 0.5) is 0 Å². The molecule has 0 rings (SSSR count). The third kappa shape index (κ3) is 7.10. The van der Waals surface area contributed by atoms with Crippen LogP contribution in [-0.4, -0.2) is 32.0 Å². The first kappa shape index (κ1) is 9.10. The number of amides is 1. The third-order valence-electron chi connectivity index (χ3n) is 0.806. The van der Waals surface area contributed by atoms with E-state index in [1.165, 1.54) is 6.92 Å². The van der Waals surface area contributed by atoms with Gasteiger partial charge < -0.3 is 14.8 Å². The molecule has 0 bridgehead atoms. The molecule has 4 heteroatoms. The highest BCUT2D eigenvalue weighted by Gasteiger charge is 1.88. The van der Waals surface area contributed by atoms with Crippen molar-refractivity contribution in [2.75, 3.05) is 19.8 Å². The van der Waals surface area contributed by atoms with E-state index in [-0.39, 0.29) is 12.5 Å². The van der Waals surface area contributed by atoms with Crippen molar-refractivity contribution >= 4 is 12.2 Å². The van der Waals surface area contributed by atoms with Crippen LogP contribution in [0.2, 0.25) is 0 Å². The summed E-state index contributed by atoms with van der Waals surface area (Å²) < 4.78 is 4.75. The molecule has 0 aliphatic rings. The van der Waals surface area contributed by atoms with E-state index in [9.17, 15) is 9.59 Å².